The van der Waals surface area contributed by atoms with Gasteiger partial charge in [-0.15, -0.1) is 0 Å². The highest BCUT2D eigenvalue weighted by molar-refractivity contribution is 7.92. The zero-order valence-electron chi connectivity index (χ0n) is 22.6. The van der Waals surface area contributed by atoms with E-state index in [2.05, 4.69) is 10.0 Å². The molecule has 4 rings (SSSR count). The summed E-state index contributed by atoms with van der Waals surface area (Å²) in [5, 5.41) is 2.82. The summed E-state index contributed by atoms with van der Waals surface area (Å²) in [7, 11) is -4.52. The molecule has 0 aromatic heterocycles. The highest BCUT2D eigenvalue weighted by Gasteiger charge is 2.31. The van der Waals surface area contributed by atoms with Crippen LogP contribution >= 0.6 is 0 Å². The fraction of sp³-hybridized carbons (Fsp3) is 0.321. The van der Waals surface area contributed by atoms with Gasteiger partial charge in [0.2, 0.25) is 15.9 Å². The van der Waals surface area contributed by atoms with Crippen LogP contribution in [-0.2, 0) is 30.6 Å². The molecule has 10 nitrogen and oxygen atoms in total. The number of ether oxygens (including phenoxy) is 2. The summed E-state index contributed by atoms with van der Waals surface area (Å²) < 4.78 is 66.1. The Morgan fingerprint density at radius 1 is 0.925 bits per heavy atom. The van der Waals surface area contributed by atoms with Gasteiger partial charge in [0.15, 0.2) is 0 Å². The standard InChI is InChI=1S/C28H33N3O7S2/c1-20-6-4-5-7-22(20)19-39(33,34)31-16-14-21(15-17-31)28(32)29-23-8-11-25(12-9-23)40(35,36)30-26-18-24(37-2)10-13-27(26)38-3/h4-13,18,21,30H,14-17,19H2,1-3H3,(H,29,32). The van der Waals surface area contributed by atoms with Gasteiger partial charge in [-0.2, -0.15) is 0 Å². The maximum Gasteiger partial charge on any atom is 0.262 e. The molecule has 40 heavy (non-hydrogen) atoms. The predicted octanol–water partition coefficient (Wildman–Crippen LogP) is 3.99. The number of sulfonamides is 2. The predicted molar refractivity (Wildman–Crippen MR) is 154 cm³/mol. The minimum atomic E-state index is -3.94. The Balaban J connectivity index is 1.34. The van der Waals surface area contributed by atoms with Gasteiger partial charge >= 0.3 is 0 Å². The zero-order chi connectivity index (χ0) is 28.9. The van der Waals surface area contributed by atoms with Crippen molar-refractivity contribution in [1.82, 2.24) is 4.31 Å². The number of nitrogens with zero attached hydrogens (tertiary/aromatic N) is 1. The fourth-order valence-corrected chi connectivity index (χ4v) is 7.24. The van der Waals surface area contributed by atoms with E-state index in [1.54, 1.807) is 12.1 Å². The van der Waals surface area contributed by atoms with E-state index in [1.165, 1.54) is 48.9 Å². The van der Waals surface area contributed by atoms with E-state index >= 15 is 0 Å². The molecule has 214 valence electrons. The van der Waals surface area contributed by atoms with Gasteiger partial charge in [0.25, 0.3) is 10.0 Å². The number of amides is 1. The molecule has 2 N–H and O–H groups in total. The molecule has 1 heterocycles. The summed E-state index contributed by atoms with van der Waals surface area (Å²) in [6.07, 6.45) is 0.801. The Morgan fingerprint density at radius 2 is 1.60 bits per heavy atom. The molecule has 1 amide bonds. The van der Waals surface area contributed by atoms with E-state index in [0.29, 0.717) is 30.0 Å². The number of aryl methyl sites for hydroxylation is 1. The summed E-state index contributed by atoms with van der Waals surface area (Å²) in [6.45, 7) is 2.42. The van der Waals surface area contributed by atoms with E-state index in [4.69, 9.17) is 9.47 Å². The number of methoxy groups -OCH3 is 2. The lowest BCUT2D eigenvalue weighted by Crippen LogP contribution is -2.41. The zero-order valence-corrected chi connectivity index (χ0v) is 24.2. The van der Waals surface area contributed by atoms with Crippen molar-refractivity contribution in [2.75, 3.05) is 37.3 Å². The number of rotatable bonds is 10. The van der Waals surface area contributed by atoms with Gasteiger partial charge in [-0.25, -0.2) is 21.1 Å². The van der Waals surface area contributed by atoms with Gasteiger partial charge in [-0.3, -0.25) is 9.52 Å². The number of carbonyl (C=O) groups excluding carboxylic acids is 1. The van der Waals surface area contributed by atoms with E-state index < -0.39 is 20.0 Å². The highest BCUT2D eigenvalue weighted by Crippen LogP contribution is 2.31. The van der Waals surface area contributed by atoms with Crippen molar-refractivity contribution in [2.24, 2.45) is 5.92 Å². The first-order valence-corrected chi connectivity index (χ1v) is 15.8. The monoisotopic (exact) mass is 587 g/mol. The molecule has 1 saturated heterocycles. The molecule has 3 aromatic carbocycles. The van der Waals surface area contributed by atoms with Crippen LogP contribution < -0.4 is 19.5 Å². The van der Waals surface area contributed by atoms with Gasteiger partial charge < -0.3 is 14.8 Å². The minimum absolute atomic E-state index is 0.00235. The molecule has 0 saturated carbocycles. The number of benzene rings is 3. The molecule has 3 aromatic rings. The first-order valence-electron chi connectivity index (χ1n) is 12.7. The average molecular weight is 588 g/mol. The van der Waals surface area contributed by atoms with E-state index in [9.17, 15) is 21.6 Å². The van der Waals surface area contributed by atoms with Gasteiger partial charge in [0, 0.05) is 30.8 Å². The third-order valence-electron chi connectivity index (χ3n) is 6.90. The second kappa shape index (κ2) is 12.3. The molecule has 0 bridgehead atoms. The van der Waals surface area contributed by atoms with Gasteiger partial charge in [-0.05, 0) is 67.3 Å². The second-order valence-corrected chi connectivity index (χ2v) is 13.2. The number of hydrogen-bond acceptors (Lipinski definition) is 7. The van der Waals surface area contributed by atoms with Crippen molar-refractivity contribution >= 4 is 37.3 Å². The maximum absolute atomic E-state index is 12.9. The average Bonchev–Trinajstić information content (AvgIpc) is 2.94. The molecule has 0 aliphatic carbocycles. The van der Waals surface area contributed by atoms with Crippen molar-refractivity contribution in [2.45, 2.75) is 30.4 Å². The molecule has 1 aliphatic heterocycles. The lowest BCUT2D eigenvalue weighted by atomic mass is 9.97. The van der Waals surface area contributed by atoms with Crippen LogP contribution in [0.4, 0.5) is 11.4 Å². The Kier molecular flexibility index (Phi) is 9.02. The van der Waals surface area contributed by atoms with Crippen LogP contribution in [0.2, 0.25) is 0 Å². The van der Waals surface area contributed by atoms with Crippen LogP contribution in [0.15, 0.2) is 71.6 Å². The van der Waals surface area contributed by atoms with Crippen molar-refractivity contribution in [3.8, 4) is 11.5 Å². The summed E-state index contributed by atoms with van der Waals surface area (Å²) in [4.78, 5) is 12.9. The molecular formula is C28H33N3O7S2. The third kappa shape index (κ3) is 6.93. The summed E-state index contributed by atoms with van der Waals surface area (Å²) in [5.74, 6) is 0.153. The van der Waals surface area contributed by atoms with Crippen molar-refractivity contribution in [3.05, 3.63) is 77.9 Å². The van der Waals surface area contributed by atoms with Crippen LogP contribution in [-0.4, -0.2) is 54.4 Å². The second-order valence-electron chi connectivity index (χ2n) is 9.54. The Labute approximate surface area is 235 Å². The summed E-state index contributed by atoms with van der Waals surface area (Å²) in [6, 6.07) is 18.0. The molecule has 0 atom stereocenters. The lowest BCUT2D eigenvalue weighted by Gasteiger charge is -2.30. The number of carbonyl (C=O) groups is 1. The highest BCUT2D eigenvalue weighted by atomic mass is 32.2. The number of piperidine rings is 1. The van der Waals surface area contributed by atoms with Crippen LogP contribution in [0.5, 0.6) is 11.5 Å². The van der Waals surface area contributed by atoms with Crippen molar-refractivity contribution in [1.29, 1.82) is 0 Å². The first kappa shape index (κ1) is 29.4. The Bertz CT molecular complexity index is 1570. The van der Waals surface area contributed by atoms with Gasteiger partial charge in [0.1, 0.15) is 11.5 Å². The Hall–Kier alpha value is -3.61. The maximum atomic E-state index is 12.9. The van der Waals surface area contributed by atoms with Crippen LogP contribution in [0.3, 0.4) is 0 Å². The fourth-order valence-electron chi connectivity index (χ4n) is 4.52. The molecular weight excluding hydrogens is 554 g/mol. The molecule has 0 unspecified atom stereocenters. The van der Waals surface area contributed by atoms with E-state index in [0.717, 1.165) is 11.1 Å². The van der Waals surface area contributed by atoms with Crippen LogP contribution in [0, 0.1) is 12.8 Å². The minimum Gasteiger partial charge on any atom is -0.497 e. The number of hydrogen-bond donors (Lipinski definition) is 2. The third-order valence-corrected chi connectivity index (χ3v) is 10.1. The Morgan fingerprint density at radius 3 is 2.23 bits per heavy atom. The smallest absolute Gasteiger partial charge is 0.262 e. The first-order chi connectivity index (χ1) is 19.0. The number of anilines is 2. The normalized spacial score (nSPS) is 14.9. The molecule has 0 spiro atoms. The van der Waals surface area contributed by atoms with Gasteiger partial charge in [-0.1, -0.05) is 24.3 Å². The van der Waals surface area contributed by atoms with Crippen molar-refractivity contribution in [3.63, 3.8) is 0 Å². The quantitative estimate of drug-likeness (QED) is 0.367. The molecule has 12 heteroatoms. The largest absolute Gasteiger partial charge is 0.497 e. The molecule has 1 fully saturated rings. The van der Waals surface area contributed by atoms with Crippen molar-refractivity contribution < 1.29 is 31.1 Å². The molecule has 1 aliphatic rings. The summed E-state index contributed by atoms with van der Waals surface area (Å²) >= 11 is 0. The van der Waals surface area contributed by atoms with Crippen LogP contribution in [0.1, 0.15) is 24.0 Å². The SMILES string of the molecule is COc1ccc(OC)c(NS(=O)(=O)c2ccc(NC(=O)C3CCN(S(=O)(=O)Cc4ccccc4C)CC3)cc2)c1. The summed E-state index contributed by atoms with van der Waals surface area (Å²) in [5.41, 5.74) is 2.37. The lowest BCUT2D eigenvalue weighted by molar-refractivity contribution is -0.120. The topological polar surface area (TPSA) is 131 Å². The van der Waals surface area contributed by atoms with E-state index in [1.807, 2.05) is 31.2 Å². The number of nitrogens with one attached hydrogen (secondary N) is 2. The van der Waals surface area contributed by atoms with Gasteiger partial charge in [0.05, 0.1) is 30.6 Å². The van der Waals surface area contributed by atoms with Crippen LogP contribution in [0.25, 0.3) is 0 Å². The van der Waals surface area contributed by atoms with E-state index in [-0.39, 0.29) is 41.3 Å². The molecule has 0 radical (unpaired) electrons.